The van der Waals surface area contributed by atoms with Crippen LogP contribution in [0.1, 0.15) is 110 Å². The quantitative estimate of drug-likeness (QED) is 0.145. The molecule has 0 N–H and O–H groups in total. The van der Waals surface area contributed by atoms with E-state index in [0.29, 0.717) is 0 Å². The Labute approximate surface area is 176 Å². The van der Waals surface area contributed by atoms with Gasteiger partial charge in [-0.1, -0.05) is 39.0 Å². The molecular formula is C22H49O4PS. The summed E-state index contributed by atoms with van der Waals surface area (Å²) in [5, 5.41) is 0. The van der Waals surface area contributed by atoms with Gasteiger partial charge in [0.15, 0.2) is 0 Å². The molecule has 0 aliphatic rings. The second kappa shape index (κ2) is 15.2. The van der Waals surface area contributed by atoms with Crippen LogP contribution in [0.3, 0.4) is 0 Å². The van der Waals surface area contributed by atoms with E-state index >= 15 is 0 Å². The minimum atomic E-state index is -3.85. The van der Waals surface area contributed by atoms with Crippen molar-refractivity contribution >= 4 is 17.2 Å². The molecule has 0 unspecified atom stereocenters. The van der Waals surface area contributed by atoms with E-state index in [0.717, 1.165) is 26.1 Å². The summed E-state index contributed by atoms with van der Waals surface area (Å²) in [4.78, 5) is 0. The Balaban J connectivity index is 3.48. The van der Waals surface area contributed by atoms with Crippen molar-refractivity contribution in [2.24, 2.45) is 0 Å². The summed E-state index contributed by atoms with van der Waals surface area (Å²) >= 11 is 0. The third-order valence-corrected chi connectivity index (χ3v) is 10.5. The van der Waals surface area contributed by atoms with Crippen molar-refractivity contribution in [3.05, 3.63) is 0 Å². The number of rotatable bonds is 20. The molecule has 0 aromatic carbocycles. The van der Waals surface area contributed by atoms with Crippen LogP contribution in [0.5, 0.6) is 0 Å². The Morgan fingerprint density at radius 1 is 0.607 bits per heavy atom. The molecule has 0 radical (unpaired) electrons. The van der Waals surface area contributed by atoms with Gasteiger partial charge in [-0.15, -0.1) is 0 Å². The molecule has 0 saturated carbocycles. The summed E-state index contributed by atoms with van der Waals surface area (Å²) in [5.41, 5.74) is 0. The molecular weight excluding hydrogens is 391 g/mol. The van der Waals surface area contributed by atoms with E-state index in [1.54, 1.807) is 0 Å². The molecule has 0 rings (SSSR count). The first-order valence-electron chi connectivity index (χ1n) is 11.6. The molecule has 0 atom stereocenters. The van der Waals surface area contributed by atoms with Gasteiger partial charge in [-0.05, 0) is 0 Å². The van der Waals surface area contributed by atoms with Crippen LogP contribution in [0, 0.1) is 0 Å². The van der Waals surface area contributed by atoms with Crippen LogP contribution in [-0.2, 0) is 18.6 Å². The zero-order valence-corrected chi connectivity index (χ0v) is 21.2. The fourth-order valence-electron chi connectivity index (χ4n) is 3.60. The Morgan fingerprint density at radius 3 is 1.25 bits per heavy atom. The van der Waals surface area contributed by atoms with Gasteiger partial charge < -0.3 is 0 Å². The van der Waals surface area contributed by atoms with Gasteiger partial charge in [0.2, 0.25) is 0 Å². The Hall–Kier alpha value is 0.300. The Kier molecular flexibility index (Phi) is 15.3. The minimum absolute atomic E-state index is 0.826. The molecule has 4 nitrogen and oxygen atoms in total. The van der Waals surface area contributed by atoms with Crippen LogP contribution >= 0.6 is 6.83 Å². The Bertz CT molecular complexity index is 469. The van der Waals surface area contributed by atoms with E-state index in [4.69, 9.17) is 3.97 Å². The third-order valence-electron chi connectivity index (χ3n) is 5.35. The molecule has 0 aliphatic carbocycles. The number of unbranched alkanes of at least 4 members (excludes halogenated alkanes) is 15. The number of hydrogen-bond acceptors (Lipinski definition) is 4. The van der Waals surface area contributed by atoms with Gasteiger partial charge in [0.1, 0.15) is 0 Å². The van der Waals surface area contributed by atoms with Crippen molar-refractivity contribution in [2.45, 2.75) is 110 Å². The van der Waals surface area contributed by atoms with Crippen molar-refractivity contribution in [3.8, 4) is 0 Å². The van der Waals surface area contributed by atoms with Gasteiger partial charge in [0, 0.05) is 0 Å². The predicted octanol–water partition coefficient (Wildman–Crippen LogP) is 7.51. The van der Waals surface area contributed by atoms with Gasteiger partial charge in [-0.25, -0.2) is 0 Å². The fourth-order valence-corrected chi connectivity index (χ4v) is 8.16. The van der Waals surface area contributed by atoms with Crippen molar-refractivity contribution in [2.75, 3.05) is 33.3 Å². The maximum absolute atomic E-state index is 11.6. The summed E-state index contributed by atoms with van der Waals surface area (Å²) in [6.45, 7) is 5.48. The standard InChI is InChI=1S/C22H49O4PS/c1-6-7-8-9-10-11-12-13-14-15-16-17-18-19-20-21-22-27(3,4,5)26-28(23,24)25-2/h6-22H2,1-5H3. The molecule has 0 aliphatic heterocycles. The van der Waals surface area contributed by atoms with Crippen LogP contribution in [0.25, 0.3) is 0 Å². The summed E-state index contributed by atoms with van der Waals surface area (Å²) in [5.74, 6) is 0. The summed E-state index contributed by atoms with van der Waals surface area (Å²) in [6.07, 6.45) is 22.3. The molecule has 0 fully saturated rings. The van der Waals surface area contributed by atoms with Crippen LogP contribution in [0.15, 0.2) is 0 Å². The van der Waals surface area contributed by atoms with Crippen LogP contribution in [0.2, 0.25) is 0 Å². The average Bonchev–Trinajstić information content (AvgIpc) is 2.60. The molecule has 0 aromatic rings. The van der Waals surface area contributed by atoms with Gasteiger partial charge >= 0.3 is 138 Å². The zero-order chi connectivity index (χ0) is 21.4. The summed E-state index contributed by atoms with van der Waals surface area (Å²) in [6, 6.07) is 0. The van der Waals surface area contributed by atoms with E-state index in [9.17, 15) is 8.42 Å². The second-order valence-corrected chi connectivity index (χ2v) is 17.8. The fraction of sp³-hybridized carbons (Fsp3) is 1.00. The molecule has 6 heteroatoms. The van der Waals surface area contributed by atoms with Crippen molar-refractivity contribution in [3.63, 3.8) is 0 Å². The van der Waals surface area contributed by atoms with Crippen molar-refractivity contribution < 1.29 is 16.6 Å². The summed E-state index contributed by atoms with van der Waals surface area (Å²) < 4.78 is 33.0. The molecule has 28 heavy (non-hydrogen) atoms. The Morgan fingerprint density at radius 2 is 0.929 bits per heavy atom. The van der Waals surface area contributed by atoms with Crippen LogP contribution in [0.4, 0.5) is 0 Å². The van der Waals surface area contributed by atoms with E-state index in [-0.39, 0.29) is 0 Å². The molecule has 172 valence electrons. The van der Waals surface area contributed by atoms with Gasteiger partial charge in [-0.2, -0.15) is 0 Å². The summed E-state index contributed by atoms with van der Waals surface area (Å²) in [7, 11) is -2.70. The van der Waals surface area contributed by atoms with Crippen molar-refractivity contribution in [1.82, 2.24) is 0 Å². The number of hydrogen-bond donors (Lipinski definition) is 0. The normalized spacial score (nSPS) is 14.1. The van der Waals surface area contributed by atoms with Gasteiger partial charge in [0.25, 0.3) is 0 Å². The van der Waals surface area contributed by atoms with Crippen molar-refractivity contribution in [1.29, 1.82) is 0 Å². The first kappa shape index (κ1) is 28.3. The molecule has 0 bridgehead atoms. The molecule has 0 aromatic heterocycles. The zero-order valence-electron chi connectivity index (χ0n) is 19.5. The monoisotopic (exact) mass is 440 g/mol. The SMILES string of the molecule is CCCCCCCCCCCCCCCCCCP(C)(C)(C)OS(=O)(=O)OC. The van der Waals surface area contributed by atoms with Gasteiger partial charge in [0.05, 0.1) is 0 Å². The molecule has 0 spiro atoms. The van der Waals surface area contributed by atoms with E-state index in [1.165, 1.54) is 89.9 Å². The second-order valence-electron chi connectivity index (χ2n) is 9.64. The van der Waals surface area contributed by atoms with E-state index in [1.807, 2.05) is 20.0 Å². The predicted molar refractivity (Wildman–Crippen MR) is 126 cm³/mol. The van der Waals surface area contributed by atoms with Crippen LogP contribution < -0.4 is 0 Å². The van der Waals surface area contributed by atoms with E-state index in [2.05, 4.69) is 11.1 Å². The topological polar surface area (TPSA) is 52.6 Å². The first-order chi connectivity index (χ1) is 13.1. The molecule has 0 heterocycles. The molecule has 0 saturated heterocycles. The van der Waals surface area contributed by atoms with Gasteiger partial charge in [-0.3, -0.25) is 0 Å². The maximum atomic E-state index is 11.6. The third kappa shape index (κ3) is 18.3. The molecule has 0 amide bonds. The first-order valence-corrected chi connectivity index (χ1v) is 16.6. The van der Waals surface area contributed by atoms with E-state index < -0.39 is 17.2 Å². The average molecular weight is 441 g/mol. The van der Waals surface area contributed by atoms with Crippen LogP contribution in [-0.4, -0.2) is 41.7 Å².